The minimum Gasteiger partial charge on any atom is -0.267 e. The molecule has 20 heavy (non-hydrogen) atoms. The Bertz CT molecular complexity index is 657. The van der Waals surface area contributed by atoms with Gasteiger partial charge in [-0.1, -0.05) is 0 Å². The molecule has 0 fully saturated rings. The van der Waals surface area contributed by atoms with Crippen LogP contribution in [0.5, 0.6) is 0 Å². The fourth-order valence-corrected chi connectivity index (χ4v) is 1.54. The summed E-state index contributed by atoms with van der Waals surface area (Å²) in [6, 6.07) is 6.34. The van der Waals surface area contributed by atoms with Crippen molar-refractivity contribution in [3.63, 3.8) is 0 Å². The second-order valence-electron chi connectivity index (χ2n) is 4.00. The molecule has 2 rings (SSSR count). The Balaban J connectivity index is 2.13. The molecule has 1 aromatic heterocycles. The van der Waals surface area contributed by atoms with E-state index < -0.39 is 17.5 Å². The maximum Gasteiger partial charge on any atom is 0.272 e. The van der Waals surface area contributed by atoms with Crippen LogP contribution in [0.25, 0.3) is 0 Å². The first-order valence-electron chi connectivity index (χ1n) is 5.78. The Hall–Kier alpha value is -2.63. The van der Waals surface area contributed by atoms with Crippen molar-refractivity contribution < 1.29 is 13.6 Å². The van der Waals surface area contributed by atoms with Crippen LogP contribution in [-0.4, -0.2) is 16.6 Å². The highest BCUT2D eigenvalue weighted by atomic mass is 19.1. The molecule has 0 atom stereocenters. The van der Waals surface area contributed by atoms with Gasteiger partial charge in [-0.2, -0.15) is 5.10 Å². The van der Waals surface area contributed by atoms with Crippen molar-refractivity contribution in [2.24, 2.45) is 5.10 Å². The highest BCUT2D eigenvalue weighted by Gasteiger charge is 2.08. The molecule has 0 bridgehead atoms. The summed E-state index contributed by atoms with van der Waals surface area (Å²) in [6.45, 7) is 1.51. The highest BCUT2D eigenvalue weighted by molar-refractivity contribution is 6.00. The van der Waals surface area contributed by atoms with E-state index in [0.717, 1.165) is 12.1 Å². The van der Waals surface area contributed by atoms with Crippen LogP contribution in [0.3, 0.4) is 0 Å². The van der Waals surface area contributed by atoms with Gasteiger partial charge in [0.2, 0.25) is 0 Å². The number of hydrogen-bond acceptors (Lipinski definition) is 3. The number of carbonyl (C=O) groups is 1. The number of carbonyl (C=O) groups excluding carboxylic acids is 1. The number of rotatable bonds is 3. The molecule has 0 spiro atoms. The number of hydrogen-bond donors (Lipinski definition) is 1. The fourth-order valence-electron chi connectivity index (χ4n) is 1.54. The molecule has 0 aliphatic heterocycles. The van der Waals surface area contributed by atoms with Crippen LogP contribution >= 0.6 is 0 Å². The van der Waals surface area contributed by atoms with E-state index >= 15 is 0 Å². The number of pyridine rings is 1. The quantitative estimate of drug-likeness (QED) is 0.691. The summed E-state index contributed by atoms with van der Waals surface area (Å²) in [7, 11) is 0. The van der Waals surface area contributed by atoms with Crippen LogP contribution in [-0.2, 0) is 0 Å². The molecule has 0 saturated carbocycles. The molecule has 0 aliphatic carbocycles. The zero-order valence-corrected chi connectivity index (χ0v) is 10.6. The first kappa shape index (κ1) is 13.8. The zero-order valence-electron chi connectivity index (χ0n) is 10.6. The van der Waals surface area contributed by atoms with Crippen molar-refractivity contribution in [2.45, 2.75) is 6.92 Å². The Morgan fingerprint density at radius 3 is 2.75 bits per heavy atom. The number of benzene rings is 1. The van der Waals surface area contributed by atoms with E-state index in [0.29, 0.717) is 5.56 Å². The van der Waals surface area contributed by atoms with Crippen molar-refractivity contribution >= 4 is 11.6 Å². The topological polar surface area (TPSA) is 54.4 Å². The Kier molecular flexibility index (Phi) is 4.14. The number of aromatic nitrogens is 1. The van der Waals surface area contributed by atoms with E-state index in [2.05, 4.69) is 15.5 Å². The Morgan fingerprint density at radius 1 is 1.30 bits per heavy atom. The lowest BCUT2D eigenvalue weighted by molar-refractivity contribution is 0.0954. The predicted octanol–water partition coefficient (Wildman–Crippen LogP) is 2.51. The van der Waals surface area contributed by atoms with Crippen molar-refractivity contribution in [2.75, 3.05) is 0 Å². The van der Waals surface area contributed by atoms with Gasteiger partial charge in [0, 0.05) is 24.0 Å². The molecule has 1 amide bonds. The summed E-state index contributed by atoms with van der Waals surface area (Å²) in [5.41, 5.74) is 2.98. The monoisotopic (exact) mass is 275 g/mol. The first-order chi connectivity index (χ1) is 9.58. The molecule has 0 unspecified atom stereocenters. The third-order valence-corrected chi connectivity index (χ3v) is 2.57. The maximum absolute atomic E-state index is 13.5. The summed E-state index contributed by atoms with van der Waals surface area (Å²) in [6.07, 6.45) is 2.93. The fraction of sp³-hybridized carbons (Fsp3) is 0.0714. The predicted molar refractivity (Wildman–Crippen MR) is 70.3 cm³/mol. The largest absolute Gasteiger partial charge is 0.272 e. The Morgan fingerprint density at radius 2 is 2.10 bits per heavy atom. The average molecular weight is 275 g/mol. The molecular weight excluding hydrogens is 264 g/mol. The van der Waals surface area contributed by atoms with E-state index in [-0.39, 0.29) is 11.3 Å². The lowest BCUT2D eigenvalue weighted by Gasteiger charge is -2.04. The van der Waals surface area contributed by atoms with Crippen LogP contribution in [0.1, 0.15) is 22.8 Å². The zero-order chi connectivity index (χ0) is 14.5. The first-order valence-corrected chi connectivity index (χ1v) is 5.78. The summed E-state index contributed by atoms with van der Waals surface area (Å²) >= 11 is 0. The minimum atomic E-state index is -0.734. The van der Waals surface area contributed by atoms with Crippen molar-refractivity contribution in [3.05, 3.63) is 65.5 Å². The van der Waals surface area contributed by atoms with Crippen LogP contribution < -0.4 is 5.43 Å². The molecule has 2 aromatic rings. The number of nitrogens with zero attached hydrogens (tertiary/aromatic N) is 2. The smallest absolute Gasteiger partial charge is 0.267 e. The van der Waals surface area contributed by atoms with E-state index in [1.165, 1.54) is 19.2 Å². The van der Waals surface area contributed by atoms with Crippen molar-refractivity contribution in [1.82, 2.24) is 10.4 Å². The van der Waals surface area contributed by atoms with Gasteiger partial charge in [-0.05, 0) is 31.2 Å². The SMILES string of the molecule is C/C(=N/NC(=O)c1cccnc1)c1ccc(F)cc1F. The van der Waals surface area contributed by atoms with E-state index in [1.54, 1.807) is 18.3 Å². The van der Waals surface area contributed by atoms with Gasteiger partial charge in [-0.3, -0.25) is 9.78 Å². The molecule has 6 heteroatoms. The third kappa shape index (κ3) is 3.23. The number of nitrogens with one attached hydrogen (secondary N) is 1. The van der Waals surface area contributed by atoms with Gasteiger partial charge in [-0.25, -0.2) is 14.2 Å². The van der Waals surface area contributed by atoms with Gasteiger partial charge in [0.15, 0.2) is 0 Å². The van der Waals surface area contributed by atoms with Gasteiger partial charge in [0.1, 0.15) is 11.6 Å². The summed E-state index contributed by atoms with van der Waals surface area (Å²) < 4.78 is 26.3. The highest BCUT2D eigenvalue weighted by Crippen LogP contribution is 2.10. The second-order valence-corrected chi connectivity index (χ2v) is 4.00. The van der Waals surface area contributed by atoms with Gasteiger partial charge < -0.3 is 0 Å². The molecule has 0 radical (unpaired) electrons. The molecular formula is C14H11F2N3O. The van der Waals surface area contributed by atoms with Gasteiger partial charge in [0.25, 0.3) is 5.91 Å². The average Bonchev–Trinajstić information content (AvgIpc) is 2.45. The van der Waals surface area contributed by atoms with Crippen LogP contribution in [0.2, 0.25) is 0 Å². The van der Waals surface area contributed by atoms with Crippen LogP contribution in [0.15, 0.2) is 47.8 Å². The molecule has 0 aliphatic rings. The summed E-state index contributed by atoms with van der Waals surface area (Å²) in [5.74, 6) is -1.86. The Labute approximate surface area is 114 Å². The van der Waals surface area contributed by atoms with Crippen LogP contribution in [0.4, 0.5) is 8.78 Å². The minimum absolute atomic E-state index is 0.123. The summed E-state index contributed by atoms with van der Waals surface area (Å²) in [4.78, 5) is 15.5. The van der Waals surface area contributed by atoms with Gasteiger partial charge >= 0.3 is 0 Å². The van der Waals surface area contributed by atoms with Gasteiger partial charge in [0.05, 0.1) is 11.3 Å². The second kappa shape index (κ2) is 6.01. The van der Waals surface area contributed by atoms with Gasteiger partial charge in [-0.15, -0.1) is 0 Å². The molecule has 102 valence electrons. The van der Waals surface area contributed by atoms with Crippen molar-refractivity contribution in [3.8, 4) is 0 Å². The lowest BCUT2D eigenvalue weighted by atomic mass is 10.1. The third-order valence-electron chi connectivity index (χ3n) is 2.57. The standard InChI is InChI=1S/C14H11F2N3O/c1-9(12-5-4-11(15)7-13(12)16)18-19-14(20)10-3-2-6-17-8-10/h2-8H,1H3,(H,19,20)/b18-9-. The molecule has 4 nitrogen and oxygen atoms in total. The number of hydrazone groups is 1. The van der Waals surface area contributed by atoms with E-state index in [4.69, 9.17) is 0 Å². The number of halogens is 2. The molecule has 1 aromatic carbocycles. The normalized spacial score (nSPS) is 11.2. The molecule has 0 saturated heterocycles. The van der Waals surface area contributed by atoms with Crippen LogP contribution in [0, 0.1) is 11.6 Å². The lowest BCUT2D eigenvalue weighted by Crippen LogP contribution is -2.19. The van der Waals surface area contributed by atoms with E-state index in [9.17, 15) is 13.6 Å². The molecule has 1 N–H and O–H groups in total. The van der Waals surface area contributed by atoms with Crippen molar-refractivity contribution in [1.29, 1.82) is 0 Å². The maximum atomic E-state index is 13.5. The van der Waals surface area contributed by atoms with E-state index in [1.807, 2.05) is 0 Å². The molecule has 1 heterocycles. The summed E-state index contributed by atoms with van der Waals surface area (Å²) in [5, 5.41) is 3.79. The number of amides is 1.